The van der Waals surface area contributed by atoms with E-state index >= 15 is 0 Å². The molecule has 0 aromatic heterocycles. The summed E-state index contributed by atoms with van der Waals surface area (Å²) in [7, 11) is -9.89. The number of hydrogen-bond donors (Lipinski definition) is 3. The number of rotatable bonds is 12. The second kappa shape index (κ2) is 9.46. The second-order valence-corrected chi connectivity index (χ2v) is 8.15. The first-order valence-electron chi connectivity index (χ1n) is 5.56. The summed E-state index contributed by atoms with van der Waals surface area (Å²) < 4.78 is 62.5. The minimum atomic E-state index is -4.35. The monoisotopic (exact) mass is 371 g/mol. The normalized spacial score (nSPS) is 20.4. The molecule has 0 aromatic rings. The Morgan fingerprint density at radius 3 is 1.43 bits per heavy atom. The molecule has 0 aliphatic heterocycles. The van der Waals surface area contributed by atoms with Crippen LogP contribution in [0, 0.1) is 0 Å². The zero-order valence-electron chi connectivity index (χ0n) is 12.0. The second-order valence-electron chi connectivity index (χ2n) is 3.10. The van der Waals surface area contributed by atoms with Gasteiger partial charge in [-0.15, -0.1) is 0 Å². The van der Waals surface area contributed by atoms with Crippen LogP contribution in [0.15, 0.2) is 0 Å². The van der Waals surface area contributed by atoms with E-state index in [1.807, 2.05) is 0 Å². The highest BCUT2D eigenvalue weighted by Crippen LogP contribution is 2.50. The van der Waals surface area contributed by atoms with Gasteiger partial charge in [0, 0.05) is 14.2 Å². The lowest BCUT2D eigenvalue weighted by atomic mass is 10.9. The van der Waals surface area contributed by atoms with E-state index in [2.05, 4.69) is 18.3 Å². The van der Waals surface area contributed by atoms with Gasteiger partial charge in [0.15, 0.2) is 0 Å². The first-order chi connectivity index (χ1) is 9.66. The van der Waals surface area contributed by atoms with Crippen LogP contribution in [0.25, 0.3) is 0 Å². The molecule has 0 saturated heterocycles. The Morgan fingerprint density at radius 1 is 0.857 bits per heavy atom. The minimum absolute atomic E-state index is 0.0265. The summed E-state index contributed by atoms with van der Waals surface area (Å²) >= 11 is 0. The Labute approximate surface area is 122 Å². The fourth-order valence-electron chi connectivity index (χ4n) is 0.805. The topological polar surface area (TPSA) is 157 Å². The van der Waals surface area contributed by atoms with E-state index < -0.39 is 23.2 Å². The summed E-state index contributed by atoms with van der Waals surface area (Å²) in [4.78, 5) is 0. The Morgan fingerprint density at radius 2 is 1.19 bits per heavy atom. The SMILES string of the molecule is CCOP(=O)(NOP(N)(=O)ONP(=O)(OC)OCC)OC. The molecule has 0 fully saturated rings. The van der Waals surface area contributed by atoms with Gasteiger partial charge in [0.1, 0.15) is 0 Å². The molecule has 2 unspecified atom stereocenters. The van der Waals surface area contributed by atoms with Crippen LogP contribution in [0.1, 0.15) is 13.8 Å². The Balaban J connectivity index is 4.54. The van der Waals surface area contributed by atoms with E-state index in [9.17, 15) is 13.7 Å². The van der Waals surface area contributed by atoms with Crippen molar-refractivity contribution in [3.8, 4) is 0 Å². The highest BCUT2D eigenvalue weighted by Gasteiger charge is 2.32. The molecule has 0 aliphatic rings. The van der Waals surface area contributed by atoms with Crippen LogP contribution in [0.3, 0.4) is 0 Å². The Bertz CT molecular complexity index is 410. The summed E-state index contributed by atoms with van der Waals surface area (Å²) in [5.41, 5.74) is 5.15. The molecule has 0 bridgehead atoms. The lowest BCUT2D eigenvalue weighted by molar-refractivity contribution is 0.111. The molecule has 12 nitrogen and oxygen atoms in total. The molecular weight excluding hydrogens is 351 g/mol. The molecule has 0 radical (unpaired) electrons. The van der Waals surface area contributed by atoms with Gasteiger partial charge in [-0.25, -0.2) is 19.2 Å². The standard InChI is InChI=1S/C6H20N3O9P3/c1-5-15-20(11,13-3)8-17-19(7,10)18-9-21(12,14-4)16-6-2/h5-6H2,1-4H3,(H2,7,10)(H,8,11)(H,9,12). The largest absolute Gasteiger partial charge is 0.436 e. The van der Waals surface area contributed by atoms with Crippen LogP contribution >= 0.6 is 23.2 Å². The maximum Gasteiger partial charge on any atom is 0.436 e. The van der Waals surface area contributed by atoms with Gasteiger partial charge in [0.25, 0.3) is 0 Å². The van der Waals surface area contributed by atoms with Crippen LogP contribution in [-0.4, -0.2) is 27.4 Å². The van der Waals surface area contributed by atoms with Crippen LogP contribution < -0.4 is 16.0 Å². The molecule has 0 amide bonds. The molecule has 2 atom stereocenters. The smallest absolute Gasteiger partial charge is 0.299 e. The Hall–Kier alpha value is 0.330. The van der Waals surface area contributed by atoms with E-state index in [1.54, 1.807) is 24.3 Å². The van der Waals surface area contributed by atoms with Crippen molar-refractivity contribution in [3.05, 3.63) is 0 Å². The summed E-state index contributed by atoms with van der Waals surface area (Å²) in [5.74, 6) is 0. The molecule has 0 heterocycles. The predicted octanol–water partition coefficient (Wildman–Crippen LogP) is 1.68. The average molecular weight is 371 g/mol. The van der Waals surface area contributed by atoms with Gasteiger partial charge < -0.3 is 0 Å². The van der Waals surface area contributed by atoms with Gasteiger partial charge in [-0.1, -0.05) is 10.5 Å². The Kier molecular flexibility index (Phi) is 9.61. The fourth-order valence-corrected chi connectivity index (χ4v) is 3.70. The van der Waals surface area contributed by atoms with Gasteiger partial charge in [0.2, 0.25) is 0 Å². The van der Waals surface area contributed by atoms with Crippen LogP contribution in [0.5, 0.6) is 0 Å². The van der Waals surface area contributed by atoms with Gasteiger partial charge in [-0.2, -0.15) is 9.25 Å². The van der Waals surface area contributed by atoms with Crippen molar-refractivity contribution < 1.29 is 41.0 Å². The van der Waals surface area contributed by atoms with Crippen LogP contribution in [0.2, 0.25) is 0 Å². The van der Waals surface area contributed by atoms with Crippen molar-refractivity contribution in [2.24, 2.45) is 5.50 Å². The van der Waals surface area contributed by atoms with Crippen molar-refractivity contribution in [1.29, 1.82) is 0 Å². The molecule has 128 valence electrons. The number of nitrogens with two attached hydrogens (primary N) is 1. The van der Waals surface area contributed by atoms with Gasteiger partial charge in [-0.05, 0) is 13.8 Å². The third-order valence-corrected chi connectivity index (χ3v) is 5.41. The summed E-state index contributed by atoms with van der Waals surface area (Å²) in [6, 6.07) is 0. The van der Waals surface area contributed by atoms with E-state index in [4.69, 9.17) is 14.6 Å². The van der Waals surface area contributed by atoms with E-state index in [1.165, 1.54) is 0 Å². The molecule has 0 aliphatic carbocycles. The predicted molar refractivity (Wildman–Crippen MR) is 72.7 cm³/mol. The molecule has 21 heavy (non-hydrogen) atoms. The molecule has 15 heteroatoms. The van der Waals surface area contributed by atoms with Gasteiger partial charge >= 0.3 is 23.2 Å². The first-order valence-corrected chi connectivity index (χ1v) is 10.3. The molecule has 4 N–H and O–H groups in total. The first kappa shape index (κ1) is 21.3. The third kappa shape index (κ3) is 8.51. The van der Waals surface area contributed by atoms with Crippen molar-refractivity contribution in [2.45, 2.75) is 13.8 Å². The lowest BCUT2D eigenvalue weighted by Gasteiger charge is -2.20. The van der Waals surface area contributed by atoms with Gasteiger partial charge in [0.05, 0.1) is 13.2 Å². The van der Waals surface area contributed by atoms with Crippen molar-refractivity contribution in [1.82, 2.24) is 10.5 Å². The highest BCUT2D eigenvalue weighted by molar-refractivity contribution is 7.55. The highest BCUT2D eigenvalue weighted by atomic mass is 31.2. The zero-order chi connectivity index (χ0) is 16.6. The fraction of sp³-hybridized carbons (Fsp3) is 1.00. The number of hydrogen-bond acceptors (Lipinski definition) is 9. The average Bonchev–Trinajstić information content (AvgIpc) is 2.44. The third-order valence-electron chi connectivity index (χ3n) is 1.64. The summed E-state index contributed by atoms with van der Waals surface area (Å²) in [5, 5.41) is 3.52. The van der Waals surface area contributed by atoms with Crippen molar-refractivity contribution >= 4 is 23.2 Å². The molecule has 0 rings (SSSR count). The quantitative estimate of drug-likeness (QED) is 0.337. The van der Waals surface area contributed by atoms with Crippen molar-refractivity contribution in [3.63, 3.8) is 0 Å². The zero-order valence-corrected chi connectivity index (χ0v) is 14.7. The minimum Gasteiger partial charge on any atom is -0.299 e. The maximum absolute atomic E-state index is 11.8. The maximum atomic E-state index is 11.8. The summed E-state index contributed by atoms with van der Waals surface area (Å²) in [6.45, 7) is 3.14. The summed E-state index contributed by atoms with van der Waals surface area (Å²) in [6.07, 6.45) is 0. The molecular formula is C6H20N3O9P3. The molecule has 0 saturated carbocycles. The van der Waals surface area contributed by atoms with E-state index in [-0.39, 0.29) is 13.2 Å². The van der Waals surface area contributed by atoms with Crippen LogP contribution in [0.4, 0.5) is 0 Å². The molecule has 0 spiro atoms. The van der Waals surface area contributed by atoms with Gasteiger partial charge in [-0.3, -0.25) is 18.1 Å². The van der Waals surface area contributed by atoms with E-state index in [0.29, 0.717) is 0 Å². The van der Waals surface area contributed by atoms with E-state index in [0.717, 1.165) is 14.2 Å². The lowest BCUT2D eigenvalue weighted by Crippen LogP contribution is -2.21. The van der Waals surface area contributed by atoms with Crippen LogP contribution in [-0.2, 0) is 41.0 Å². The van der Waals surface area contributed by atoms with Crippen molar-refractivity contribution in [2.75, 3.05) is 27.4 Å². The molecule has 0 aromatic carbocycles. The number of nitrogens with one attached hydrogen (secondary N) is 2.